The molecule has 0 N–H and O–H groups in total. The third-order valence-electron chi connectivity index (χ3n) is 3.87. The van der Waals surface area contributed by atoms with Gasteiger partial charge in [-0.15, -0.1) is 0 Å². The Hall–Kier alpha value is -1.31. The van der Waals surface area contributed by atoms with E-state index in [1.807, 2.05) is 18.7 Å². The van der Waals surface area contributed by atoms with Crippen molar-refractivity contribution in [1.29, 1.82) is 0 Å². The Labute approximate surface area is 104 Å². The van der Waals surface area contributed by atoms with E-state index >= 15 is 0 Å². The van der Waals surface area contributed by atoms with E-state index in [9.17, 15) is 4.79 Å². The first-order valence-electron chi connectivity index (χ1n) is 6.34. The number of hydrogen-bond acceptors (Lipinski definition) is 1. The largest absolute Gasteiger partial charge is 0.309 e. The minimum atomic E-state index is -0.384. The third kappa shape index (κ3) is 1.67. The summed E-state index contributed by atoms with van der Waals surface area (Å²) in [5.74, 6) is 0.229. The quantitative estimate of drug-likeness (QED) is 0.763. The van der Waals surface area contributed by atoms with Crippen LogP contribution >= 0.6 is 0 Å². The van der Waals surface area contributed by atoms with E-state index in [-0.39, 0.29) is 17.4 Å². The molecule has 17 heavy (non-hydrogen) atoms. The smallest absolute Gasteiger partial charge is 0.237 e. The fraction of sp³-hybridized carbons (Fsp3) is 0.533. The van der Waals surface area contributed by atoms with Crippen molar-refractivity contribution in [2.75, 3.05) is 4.90 Å². The maximum atomic E-state index is 12.5. The van der Waals surface area contributed by atoms with Crippen LogP contribution in [0.25, 0.3) is 0 Å². The first-order chi connectivity index (χ1) is 7.89. The van der Waals surface area contributed by atoms with Gasteiger partial charge in [-0.25, -0.2) is 0 Å². The number of carbonyl (C=O) groups excluding carboxylic acids is 1. The second kappa shape index (κ2) is 3.86. The summed E-state index contributed by atoms with van der Waals surface area (Å²) in [6, 6.07) is 6.59. The Bertz CT molecular complexity index is 462. The number of nitrogens with zero attached hydrogens (tertiary/aromatic N) is 1. The lowest BCUT2D eigenvalue weighted by Gasteiger charge is -2.26. The molecule has 0 saturated carbocycles. The molecule has 0 spiro atoms. The van der Waals surface area contributed by atoms with Gasteiger partial charge in [0.05, 0.1) is 5.41 Å². The van der Waals surface area contributed by atoms with Crippen molar-refractivity contribution in [3.8, 4) is 0 Å². The van der Waals surface area contributed by atoms with Crippen LogP contribution in [0.3, 0.4) is 0 Å². The van der Waals surface area contributed by atoms with E-state index in [0.717, 1.165) is 12.1 Å². The monoisotopic (exact) mass is 231 g/mol. The van der Waals surface area contributed by atoms with Crippen LogP contribution in [0.4, 0.5) is 5.69 Å². The number of fused-ring (bicyclic) bond motifs is 1. The zero-order valence-electron chi connectivity index (χ0n) is 11.4. The maximum Gasteiger partial charge on any atom is 0.237 e. The van der Waals surface area contributed by atoms with Crippen LogP contribution in [-0.4, -0.2) is 11.9 Å². The molecule has 1 heterocycles. The molecule has 0 radical (unpaired) electrons. The molecule has 2 rings (SSSR count). The molecule has 1 amide bonds. The summed E-state index contributed by atoms with van der Waals surface area (Å²) in [6.07, 6.45) is 0.981. The van der Waals surface area contributed by atoms with Crippen molar-refractivity contribution >= 4 is 11.6 Å². The molecule has 1 aromatic carbocycles. The number of anilines is 1. The van der Waals surface area contributed by atoms with E-state index < -0.39 is 0 Å². The van der Waals surface area contributed by atoms with Gasteiger partial charge in [-0.1, -0.05) is 24.6 Å². The molecule has 2 nitrogen and oxygen atoms in total. The summed E-state index contributed by atoms with van der Waals surface area (Å²) < 4.78 is 0. The van der Waals surface area contributed by atoms with Crippen LogP contribution in [0.1, 0.15) is 45.2 Å². The Morgan fingerprint density at radius 2 is 2.00 bits per heavy atom. The molecule has 2 heteroatoms. The van der Waals surface area contributed by atoms with Gasteiger partial charge in [0.15, 0.2) is 0 Å². The van der Waals surface area contributed by atoms with E-state index in [1.54, 1.807) is 0 Å². The second-order valence-electron chi connectivity index (χ2n) is 5.58. The normalized spacial score (nSPS) is 19.4. The molecule has 92 valence electrons. The van der Waals surface area contributed by atoms with Crippen LogP contribution < -0.4 is 4.90 Å². The van der Waals surface area contributed by atoms with Gasteiger partial charge in [0.1, 0.15) is 0 Å². The van der Waals surface area contributed by atoms with Crippen molar-refractivity contribution in [2.45, 2.75) is 52.5 Å². The van der Waals surface area contributed by atoms with Gasteiger partial charge in [0.2, 0.25) is 5.91 Å². The predicted molar refractivity (Wildman–Crippen MR) is 71.4 cm³/mol. The highest BCUT2D eigenvalue weighted by molar-refractivity contribution is 6.08. The third-order valence-corrected chi connectivity index (χ3v) is 3.87. The van der Waals surface area contributed by atoms with Gasteiger partial charge >= 0.3 is 0 Å². The molecule has 1 aliphatic heterocycles. The lowest BCUT2D eigenvalue weighted by Crippen LogP contribution is -2.41. The number of carbonyl (C=O) groups is 1. The minimum Gasteiger partial charge on any atom is -0.309 e. The van der Waals surface area contributed by atoms with Crippen LogP contribution in [0, 0.1) is 6.92 Å². The van der Waals surface area contributed by atoms with Crippen LogP contribution in [0.5, 0.6) is 0 Å². The molecule has 1 aliphatic rings. The highest BCUT2D eigenvalue weighted by Crippen LogP contribution is 2.43. The Balaban J connectivity index is 2.59. The Morgan fingerprint density at radius 1 is 1.35 bits per heavy atom. The zero-order valence-corrected chi connectivity index (χ0v) is 11.4. The molecule has 1 atom stereocenters. The van der Waals surface area contributed by atoms with Gasteiger partial charge in [0, 0.05) is 11.7 Å². The summed E-state index contributed by atoms with van der Waals surface area (Å²) in [4.78, 5) is 14.5. The average molecular weight is 231 g/mol. The Morgan fingerprint density at radius 3 is 2.59 bits per heavy atom. The highest BCUT2D eigenvalue weighted by atomic mass is 16.2. The summed E-state index contributed by atoms with van der Waals surface area (Å²) >= 11 is 0. The van der Waals surface area contributed by atoms with E-state index in [2.05, 4.69) is 39.0 Å². The molecule has 0 aliphatic carbocycles. The van der Waals surface area contributed by atoms with Gasteiger partial charge in [0.25, 0.3) is 0 Å². The van der Waals surface area contributed by atoms with Crippen LogP contribution in [-0.2, 0) is 10.2 Å². The fourth-order valence-electron chi connectivity index (χ4n) is 2.51. The number of benzene rings is 1. The molecule has 0 fully saturated rings. The summed E-state index contributed by atoms with van der Waals surface area (Å²) in [6.45, 7) is 10.4. The number of rotatable bonds is 2. The predicted octanol–water partition coefficient (Wildman–Crippen LogP) is 3.42. The van der Waals surface area contributed by atoms with Crippen molar-refractivity contribution in [2.24, 2.45) is 0 Å². The lowest BCUT2D eigenvalue weighted by molar-refractivity contribution is -0.122. The van der Waals surface area contributed by atoms with Crippen molar-refractivity contribution in [3.63, 3.8) is 0 Å². The van der Waals surface area contributed by atoms with E-state index in [1.165, 1.54) is 11.1 Å². The lowest BCUT2D eigenvalue weighted by atomic mass is 9.85. The molecule has 0 bridgehead atoms. The molecule has 0 saturated heterocycles. The average Bonchev–Trinajstić information content (AvgIpc) is 2.48. The molecule has 0 aromatic heterocycles. The topological polar surface area (TPSA) is 20.3 Å². The first kappa shape index (κ1) is 12.2. The van der Waals surface area contributed by atoms with Crippen LogP contribution in [0.2, 0.25) is 0 Å². The highest BCUT2D eigenvalue weighted by Gasteiger charge is 2.44. The molecule has 1 aromatic rings. The number of amides is 1. The van der Waals surface area contributed by atoms with Gasteiger partial charge in [-0.05, 0) is 45.7 Å². The zero-order chi connectivity index (χ0) is 12.8. The van der Waals surface area contributed by atoms with Crippen molar-refractivity contribution < 1.29 is 4.79 Å². The van der Waals surface area contributed by atoms with Crippen molar-refractivity contribution in [1.82, 2.24) is 0 Å². The molecule has 1 unspecified atom stereocenters. The second-order valence-corrected chi connectivity index (χ2v) is 5.58. The van der Waals surface area contributed by atoms with Crippen LogP contribution in [0.15, 0.2) is 18.2 Å². The minimum absolute atomic E-state index is 0.229. The summed E-state index contributed by atoms with van der Waals surface area (Å²) in [5, 5.41) is 0. The molecular formula is C15H21NO. The summed E-state index contributed by atoms with van der Waals surface area (Å²) in [7, 11) is 0. The number of aryl methyl sites for hydroxylation is 1. The number of hydrogen-bond donors (Lipinski definition) is 0. The summed E-state index contributed by atoms with van der Waals surface area (Å²) in [5.41, 5.74) is 3.10. The first-order valence-corrected chi connectivity index (χ1v) is 6.34. The molecular weight excluding hydrogens is 210 g/mol. The van der Waals surface area contributed by atoms with E-state index in [0.29, 0.717) is 0 Å². The van der Waals surface area contributed by atoms with Crippen molar-refractivity contribution in [3.05, 3.63) is 29.3 Å². The van der Waals surface area contributed by atoms with E-state index in [4.69, 9.17) is 0 Å². The van der Waals surface area contributed by atoms with Gasteiger partial charge in [-0.2, -0.15) is 0 Å². The maximum absolute atomic E-state index is 12.5. The standard InChI is InChI=1S/C15H21NO/c1-6-11(3)16-13-8-7-10(2)9-12(13)15(4,5)14(16)17/h7-9,11H,6H2,1-5H3. The SMILES string of the molecule is CCC(C)N1C(=O)C(C)(C)c2cc(C)ccc21. The fourth-order valence-corrected chi connectivity index (χ4v) is 2.51. The van der Waals surface area contributed by atoms with Gasteiger partial charge in [-0.3, -0.25) is 4.79 Å². The van der Waals surface area contributed by atoms with Gasteiger partial charge < -0.3 is 4.90 Å². The Kier molecular flexibility index (Phi) is 2.76.